The second kappa shape index (κ2) is 5.32. The van der Waals surface area contributed by atoms with Gasteiger partial charge in [-0.25, -0.2) is 0 Å². The predicted molar refractivity (Wildman–Crippen MR) is 67.1 cm³/mol. The Hall–Kier alpha value is -0.0600. The van der Waals surface area contributed by atoms with E-state index in [9.17, 15) is 4.89 Å². The van der Waals surface area contributed by atoms with E-state index in [2.05, 4.69) is 0 Å². The summed E-state index contributed by atoms with van der Waals surface area (Å²) >= 11 is 6.41. The van der Waals surface area contributed by atoms with Crippen LogP contribution in [0, 0.1) is 6.92 Å². The highest BCUT2D eigenvalue weighted by Gasteiger charge is 2.14. The summed E-state index contributed by atoms with van der Waals surface area (Å²) < 4.78 is 9.87. The highest BCUT2D eigenvalue weighted by Crippen LogP contribution is 2.43. The van der Waals surface area contributed by atoms with Crippen molar-refractivity contribution in [1.29, 1.82) is 0 Å². The van der Waals surface area contributed by atoms with Crippen molar-refractivity contribution in [1.82, 2.24) is 0 Å². The topological polar surface area (TPSA) is 38.7 Å². The first kappa shape index (κ1) is 13.0. The number of thioether (sulfide) groups is 1. The zero-order chi connectivity index (χ0) is 11.5. The van der Waals surface area contributed by atoms with Crippen LogP contribution >= 0.6 is 18.5 Å². The van der Waals surface area contributed by atoms with Gasteiger partial charge in [-0.1, -0.05) is 0 Å². The molecule has 1 rings (SSSR count). The minimum absolute atomic E-state index is 0.540. The van der Waals surface area contributed by atoms with E-state index >= 15 is 0 Å². The van der Waals surface area contributed by atoms with Crippen LogP contribution in [0.25, 0.3) is 0 Å². The van der Waals surface area contributed by atoms with Crippen LogP contribution in [-0.4, -0.2) is 18.3 Å². The summed E-state index contributed by atoms with van der Waals surface area (Å²) in [7, 11) is 1.34. The Morgan fingerprint density at radius 2 is 2.13 bits per heavy atom. The van der Waals surface area contributed by atoms with Crippen LogP contribution in [0.1, 0.15) is 5.56 Å². The van der Waals surface area contributed by atoms with Crippen molar-refractivity contribution in [3.05, 3.63) is 23.8 Å². The third-order valence-electron chi connectivity index (χ3n) is 1.82. The summed E-state index contributed by atoms with van der Waals surface area (Å²) in [4.78, 5) is 10.6. The molecular weight excluding hydrogens is 251 g/mol. The van der Waals surface area contributed by atoms with Crippen LogP contribution < -0.4 is 4.52 Å². The molecule has 1 unspecified atom stereocenters. The molecule has 84 valence electrons. The van der Waals surface area contributed by atoms with Crippen LogP contribution in [0.5, 0.6) is 5.75 Å². The molecule has 1 aromatic rings. The lowest BCUT2D eigenvalue weighted by atomic mass is 10.2. The molecule has 1 atom stereocenters. The Morgan fingerprint density at radius 1 is 1.47 bits per heavy atom. The maximum absolute atomic E-state index is 9.47. The van der Waals surface area contributed by atoms with E-state index in [-0.39, 0.29) is 0 Å². The van der Waals surface area contributed by atoms with Crippen LogP contribution in [-0.2, 0) is 16.3 Å². The van der Waals surface area contributed by atoms with Crippen molar-refractivity contribution < 1.29 is 13.9 Å². The molecule has 0 spiro atoms. The fourth-order valence-corrected chi connectivity index (χ4v) is 2.38. The van der Waals surface area contributed by atoms with E-state index in [1.54, 1.807) is 17.8 Å². The van der Waals surface area contributed by atoms with Gasteiger partial charge in [0, 0.05) is 23.8 Å². The van der Waals surface area contributed by atoms with Gasteiger partial charge < -0.3 is 13.9 Å². The Kier molecular flexibility index (Phi) is 4.62. The number of aryl methyl sites for hydroxylation is 1. The van der Waals surface area contributed by atoms with Crippen molar-refractivity contribution in [2.24, 2.45) is 0 Å². The molecule has 0 saturated carbocycles. The molecule has 1 aromatic carbocycles. The van der Waals surface area contributed by atoms with E-state index in [0.717, 1.165) is 5.56 Å². The normalized spacial score (nSPS) is 14.7. The van der Waals surface area contributed by atoms with E-state index < -0.39 is 6.72 Å². The van der Waals surface area contributed by atoms with Crippen molar-refractivity contribution in [3.63, 3.8) is 0 Å². The lowest BCUT2D eigenvalue weighted by Gasteiger charge is -2.14. The zero-order valence-electron chi connectivity index (χ0n) is 8.76. The largest absolute Gasteiger partial charge is 0.424 e. The minimum Gasteiger partial charge on any atom is -0.424 e. The number of hydrogen-bond acceptors (Lipinski definition) is 4. The molecule has 0 heterocycles. The molecule has 15 heavy (non-hydrogen) atoms. The fraction of sp³-hybridized carbons (Fsp3) is 0.333. The van der Waals surface area contributed by atoms with Gasteiger partial charge in [0.1, 0.15) is 5.75 Å². The maximum atomic E-state index is 9.47. The Labute approximate surface area is 99.1 Å². The molecule has 0 radical (unpaired) electrons. The van der Waals surface area contributed by atoms with Gasteiger partial charge in [-0.15, -0.1) is 11.8 Å². The quantitative estimate of drug-likeness (QED) is 0.668. The van der Waals surface area contributed by atoms with Crippen LogP contribution in [0.3, 0.4) is 0 Å². The molecule has 1 N–H and O–H groups in total. The lowest BCUT2D eigenvalue weighted by Crippen LogP contribution is -1.93. The van der Waals surface area contributed by atoms with Gasteiger partial charge in [-0.05, 0) is 36.9 Å². The number of rotatable bonds is 4. The zero-order valence-corrected chi connectivity index (χ0v) is 11.3. The summed E-state index contributed by atoms with van der Waals surface area (Å²) in [6.45, 7) is -1.13. The standard InChI is InChI=1S/C9H13O3PS2/c1-7-6-8(4-5-9(7)15-3)12-13(10,14)11-2/h4-6H,1-3H3,(H,10,14). The molecular formula is C9H13O3PS2. The van der Waals surface area contributed by atoms with Crippen molar-refractivity contribution >= 4 is 30.3 Å². The van der Waals surface area contributed by atoms with Gasteiger partial charge in [0.05, 0.1) is 0 Å². The first-order valence-corrected chi connectivity index (χ1v) is 8.03. The highest BCUT2D eigenvalue weighted by molar-refractivity contribution is 8.07. The lowest BCUT2D eigenvalue weighted by molar-refractivity contribution is 0.313. The highest BCUT2D eigenvalue weighted by atomic mass is 32.5. The van der Waals surface area contributed by atoms with Gasteiger partial charge in [0.25, 0.3) is 0 Å². The third kappa shape index (κ3) is 3.78. The second-order valence-corrected chi connectivity index (χ2v) is 6.59. The average molecular weight is 264 g/mol. The van der Waals surface area contributed by atoms with Gasteiger partial charge in [0.2, 0.25) is 0 Å². The molecule has 0 aromatic heterocycles. The molecule has 0 bridgehead atoms. The fourth-order valence-electron chi connectivity index (χ4n) is 1.08. The Morgan fingerprint density at radius 3 is 2.60 bits per heavy atom. The van der Waals surface area contributed by atoms with Crippen LogP contribution in [0.4, 0.5) is 0 Å². The summed E-state index contributed by atoms with van der Waals surface area (Å²) in [5.74, 6) is 0.540. The van der Waals surface area contributed by atoms with Gasteiger partial charge >= 0.3 is 6.72 Å². The predicted octanol–water partition coefficient (Wildman–Crippen LogP) is 2.96. The first-order valence-electron chi connectivity index (χ1n) is 4.21. The summed E-state index contributed by atoms with van der Waals surface area (Å²) in [6, 6.07) is 5.54. The van der Waals surface area contributed by atoms with Crippen molar-refractivity contribution in [3.8, 4) is 5.75 Å². The molecule has 0 aliphatic heterocycles. The molecule has 6 heteroatoms. The summed E-state index contributed by atoms with van der Waals surface area (Å²) in [6.07, 6.45) is 2.01. The van der Waals surface area contributed by atoms with Crippen molar-refractivity contribution in [2.75, 3.05) is 13.4 Å². The Balaban J connectivity index is 2.89. The average Bonchev–Trinajstić information content (AvgIpc) is 2.17. The summed E-state index contributed by atoms with van der Waals surface area (Å²) in [5.41, 5.74) is 1.09. The van der Waals surface area contributed by atoms with E-state index in [4.69, 9.17) is 20.9 Å². The maximum Gasteiger partial charge on any atom is 0.377 e. The van der Waals surface area contributed by atoms with E-state index in [0.29, 0.717) is 5.75 Å². The minimum atomic E-state index is -3.11. The van der Waals surface area contributed by atoms with Crippen molar-refractivity contribution in [2.45, 2.75) is 11.8 Å². The van der Waals surface area contributed by atoms with E-state index in [1.165, 1.54) is 12.0 Å². The molecule has 0 saturated heterocycles. The van der Waals surface area contributed by atoms with Gasteiger partial charge in [0.15, 0.2) is 0 Å². The molecule has 0 amide bonds. The number of benzene rings is 1. The molecule has 0 fully saturated rings. The Bertz CT molecular complexity index is 395. The second-order valence-electron chi connectivity index (χ2n) is 2.87. The monoisotopic (exact) mass is 264 g/mol. The van der Waals surface area contributed by atoms with Gasteiger partial charge in [-0.3, -0.25) is 0 Å². The smallest absolute Gasteiger partial charge is 0.377 e. The first-order chi connectivity index (χ1) is 6.98. The molecule has 0 aliphatic rings. The summed E-state index contributed by atoms with van der Waals surface area (Å²) in [5, 5.41) is 0. The molecule has 0 aliphatic carbocycles. The molecule has 3 nitrogen and oxygen atoms in total. The van der Waals surface area contributed by atoms with E-state index in [1.807, 2.05) is 25.3 Å². The SMILES string of the molecule is COP(O)(=S)Oc1ccc(SC)c(C)c1. The number of hydrogen-bond donors (Lipinski definition) is 1. The third-order valence-corrected chi connectivity index (χ3v) is 4.29. The van der Waals surface area contributed by atoms with Crippen LogP contribution in [0.2, 0.25) is 0 Å². The van der Waals surface area contributed by atoms with Gasteiger partial charge in [-0.2, -0.15) is 0 Å². The van der Waals surface area contributed by atoms with Crippen LogP contribution in [0.15, 0.2) is 23.1 Å².